The summed E-state index contributed by atoms with van der Waals surface area (Å²) in [7, 11) is 3.86. The van der Waals surface area contributed by atoms with E-state index >= 15 is 0 Å². The summed E-state index contributed by atoms with van der Waals surface area (Å²) in [5, 5.41) is 10.9. The van der Waals surface area contributed by atoms with Crippen molar-refractivity contribution in [3.05, 3.63) is 89.6 Å². The molecule has 3 aromatic rings. The Balaban J connectivity index is 1.85. The summed E-state index contributed by atoms with van der Waals surface area (Å²) in [6.45, 7) is 0.116. The van der Waals surface area contributed by atoms with E-state index in [0.717, 1.165) is 11.3 Å². The van der Waals surface area contributed by atoms with Gasteiger partial charge in [-0.2, -0.15) is 0 Å². The first-order valence-corrected chi connectivity index (χ1v) is 9.46. The Morgan fingerprint density at radius 2 is 1.80 bits per heavy atom. The molecule has 0 saturated carbocycles. The van der Waals surface area contributed by atoms with E-state index < -0.39 is 17.7 Å². The number of carbonyl (C=O) groups is 2. The molecule has 1 atom stereocenters. The number of aliphatic hydroxyl groups excluding tert-OH is 1. The van der Waals surface area contributed by atoms with Crippen LogP contribution in [0, 0.1) is 0 Å². The largest absolute Gasteiger partial charge is 0.507 e. The maximum atomic E-state index is 13.0. The van der Waals surface area contributed by atoms with E-state index in [-0.39, 0.29) is 17.9 Å². The number of hydrogen-bond donors (Lipinski definition) is 1. The highest BCUT2D eigenvalue weighted by molar-refractivity contribution is 6.46. The number of pyridine rings is 1. The maximum Gasteiger partial charge on any atom is 0.296 e. The zero-order valence-corrected chi connectivity index (χ0v) is 16.6. The summed E-state index contributed by atoms with van der Waals surface area (Å²) in [5.74, 6) is -1.07. The van der Waals surface area contributed by atoms with Gasteiger partial charge < -0.3 is 19.3 Å². The minimum atomic E-state index is -0.737. The number of aliphatic hydroxyl groups is 1. The SMILES string of the molecule is CN(C)c1ccc(C2/C(=C(/O)c3ccncc3)C(=O)C(=O)N2Cc2ccco2)cc1. The number of ketones is 1. The molecule has 1 unspecified atom stereocenters. The van der Waals surface area contributed by atoms with Gasteiger partial charge in [0.25, 0.3) is 11.7 Å². The summed E-state index contributed by atoms with van der Waals surface area (Å²) >= 11 is 0. The number of rotatable bonds is 5. The van der Waals surface area contributed by atoms with Crippen molar-refractivity contribution in [2.75, 3.05) is 19.0 Å². The molecule has 0 radical (unpaired) electrons. The Kier molecular flexibility index (Phi) is 5.10. The van der Waals surface area contributed by atoms with Gasteiger partial charge in [0.05, 0.1) is 24.4 Å². The van der Waals surface area contributed by atoms with Crippen LogP contribution >= 0.6 is 0 Å². The van der Waals surface area contributed by atoms with Gasteiger partial charge >= 0.3 is 0 Å². The highest BCUT2D eigenvalue weighted by Crippen LogP contribution is 2.40. The minimum Gasteiger partial charge on any atom is -0.507 e. The monoisotopic (exact) mass is 403 g/mol. The van der Waals surface area contributed by atoms with Crippen molar-refractivity contribution < 1.29 is 19.1 Å². The molecule has 0 aliphatic carbocycles. The smallest absolute Gasteiger partial charge is 0.296 e. The van der Waals surface area contributed by atoms with E-state index in [1.54, 1.807) is 24.3 Å². The minimum absolute atomic E-state index is 0.0513. The van der Waals surface area contributed by atoms with Crippen LogP contribution in [0.1, 0.15) is 22.9 Å². The molecule has 1 N–H and O–H groups in total. The van der Waals surface area contributed by atoms with Crippen LogP contribution in [-0.4, -0.2) is 40.8 Å². The second-order valence-electron chi connectivity index (χ2n) is 7.23. The van der Waals surface area contributed by atoms with Crippen molar-refractivity contribution in [3.63, 3.8) is 0 Å². The fourth-order valence-corrected chi connectivity index (χ4v) is 3.58. The van der Waals surface area contributed by atoms with E-state index in [1.807, 2.05) is 43.3 Å². The predicted molar refractivity (Wildman–Crippen MR) is 112 cm³/mol. The Morgan fingerprint density at radius 3 is 2.40 bits per heavy atom. The number of benzene rings is 1. The van der Waals surface area contributed by atoms with Gasteiger partial charge in [-0.25, -0.2) is 0 Å². The molecule has 30 heavy (non-hydrogen) atoms. The average molecular weight is 403 g/mol. The van der Waals surface area contributed by atoms with Gasteiger partial charge in [-0.3, -0.25) is 14.6 Å². The van der Waals surface area contributed by atoms with Crippen LogP contribution in [0.5, 0.6) is 0 Å². The molecule has 1 aliphatic heterocycles. The second-order valence-corrected chi connectivity index (χ2v) is 7.23. The summed E-state index contributed by atoms with van der Waals surface area (Å²) in [6.07, 6.45) is 4.56. The van der Waals surface area contributed by atoms with Gasteiger partial charge in [-0.05, 0) is 42.0 Å². The molecule has 1 saturated heterocycles. The number of nitrogens with zero attached hydrogens (tertiary/aromatic N) is 3. The molecule has 1 amide bonds. The first-order chi connectivity index (χ1) is 14.5. The van der Waals surface area contributed by atoms with Crippen molar-refractivity contribution >= 4 is 23.1 Å². The molecule has 7 nitrogen and oxygen atoms in total. The van der Waals surface area contributed by atoms with Crippen LogP contribution in [0.15, 0.2) is 77.2 Å². The molecule has 0 spiro atoms. The van der Waals surface area contributed by atoms with Crippen molar-refractivity contribution in [2.45, 2.75) is 12.6 Å². The average Bonchev–Trinajstić information content (AvgIpc) is 3.36. The third kappa shape index (κ3) is 3.45. The first kappa shape index (κ1) is 19.4. The molecule has 3 heterocycles. The number of furan rings is 1. The quantitative estimate of drug-likeness (QED) is 0.399. The van der Waals surface area contributed by atoms with Crippen molar-refractivity contribution in [2.24, 2.45) is 0 Å². The lowest BCUT2D eigenvalue weighted by Crippen LogP contribution is -2.29. The molecule has 152 valence electrons. The Hall–Kier alpha value is -3.87. The van der Waals surface area contributed by atoms with Crippen molar-refractivity contribution in [1.29, 1.82) is 0 Å². The fourth-order valence-electron chi connectivity index (χ4n) is 3.58. The van der Waals surface area contributed by atoms with Crippen LogP contribution in [0.3, 0.4) is 0 Å². The first-order valence-electron chi connectivity index (χ1n) is 9.46. The molecule has 7 heteroatoms. The van der Waals surface area contributed by atoms with Gasteiger partial charge in [0.2, 0.25) is 0 Å². The zero-order valence-electron chi connectivity index (χ0n) is 16.6. The highest BCUT2D eigenvalue weighted by atomic mass is 16.3. The van der Waals surface area contributed by atoms with Gasteiger partial charge in [0, 0.05) is 37.7 Å². The molecular formula is C23H21N3O4. The number of anilines is 1. The summed E-state index contributed by atoms with van der Waals surface area (Å²) in [6, 6.07) is 13.5. The number of carbonyl (C=O) groups excluding carboxylic acids is 2. The number of Topliss-reactive ketones (excluding diaryl/α,β-unsaturated/α-hetero) is 1. The van der Waals surface area contributed by atoms with Crippen LogP contribution < -0.4 is 4.90 Å². The van der Waals surface area contributed by atoms with Crippen molar-refractivity contribution in [1.82, 2.24) is 9.88 Å². The number of likely N-dealkylation sites (tertiary alicyclic amines) is 1. The van der Waals surface area contributed by atoms with Gasteiger partial charge in [-0.1, -0.05) is 12.1 Å². The molecule has 1 aromatic carbocycles. The van der Waals surface area contributed by atoms with Gasteiger partial charge in [-0.15, -0.1) is 0 Å². The number of hydrogen-bond acceptors (Lipinski definition) is 6. The Morgan fingerprint density at radius 1 is 1.10 bits per heavy atom. The molecule has 1 fully saturated rings. The third-order valence-corrected chi connectivity index (χ3v) is 5.13. The molecule has 1 aliphatic rings. The summed E-state index contributed by atoms with van der Waals surface area (Å²) in [4.78, 5) is 33.2. The molecule has 0 bridgehead atoms. The van der Waals surface area contributed by atoms with E-state index in [0.29, 0.717) is 11.3 Å². The van der Waals surface area contributed by atoms with Crippen LogP contribution in [0.25, 0.3) is 5.76 Å². The van der Waals surface area contributed by atoms with Crippen LogP contribution in [0.2, 0.25) is 0 Å². The van der Waals surface area contributed by atoms with Gasteiger partial charge in [0.1, 0.15) is 11.5 Å². The van der Waals surface area contributed by atoms with E-state index in [9.17, 15) is 14.7 Å². The molecular weight excluding hydrogens is 382 g/mol. The van der Waals surface area contributed by atoms with E-state index in [4.69, 9.17) is 4.42 Å². The van der Waals surface area contributed by atoms with Gasteiger partial charge in [0.15, 0.2) is 0 Å². The standard InChI is InChI=1S/C23H21N3O4/c1-25(2)17-7-5-15(6-8-17)20-19(21(27)16-9-11-24-12-10-16)22(28)23(29)26(20)14-18-4-3-13-30-18/h3-13,20,27H,14H2,1-2H3/b21-19-. The lowest BCUT2D eigenvalue weighted by molar-refractivity contribution is -0.140. The van der Waals surface area contributed by atoms with E-state index in [2.05, 4.69) is 4.98 Å². The fraction of sp³-hybridized carbons (Fsp3) is 0.174. The maximum absolute atomic E-state index is 13.0. The number of amides is 1. The van der Waals surface area contributed by atoms with E-state index in [1.165, 1.54) is 23.6 Å². The highest BCUT2D eigenvalue weighted by Gasteiger charge is 2.46. The molecule has 2 aromatic heterocycles. The normalized spacial score (nSPS) is 18.1. The van der Waals surface area contributed by atoms with Crippen LogP contribution in [-0.2, 0) is 16.1 Å². The lowest BCUT2D eigenvalue weighted by Gasteiger charge is -2.25. The second kappa shape index (κ2) is 7.87. The summed E-state index contributed by atoms with van der Waals surface area (Å²) in [5.41, 5.74) is 2.18. The van der Waals surface area contributed by atoms with Crippen molar-refractivity contribution in [3.8, 4) is 0 Å². The Labute approximate surface area is 173 Å². The topological polar surface area (TPSA) is 86.9 Å². The third-order valence-electron chi connectivity index (χ3n) is 5.13. The van der Waals surface area contributed by atoms with Crippen LogP contribution in [0.4, 0.5) is 5.69 Å². The zero-order chi connectivity index (χ0) is 21.3. The molecule has 4 rings (SSSR count). The summed E-state index contributed by atoms with van der Waals surface area (Å²) < 4.78 is 5.40. The number of aromatic nitrogens is 1. The lowest BCUT2D eigenvalue weighted by atomic mass is 9.95. The predicted octanol–water partition coefficient (Wildman–Crippen LogP) is 3.36. The Bertz CT molecular complexity index is 1090.